The van der Waals surface area contributed by atoms with Crippen LogP contribution in [0.3, 0.4) is 0 Å². The summed E-state index contributed by atoms with van der Waals surface area (Å²) in [6.07, 6.45) is -0.838. The Morgan fingerprint density at radius 1 is 1.11 bits per heavy atom. The summed E-state index contributed by atoms with van der Waals surface area (Å²) in [6.45, 7) is 7.34. The van der Waals surface area contributed by atoms with Gasteiger partial charge in [0.1, 0.15) is 16.4 Å². The average Bonchev–Trinajstić information content (AvgIpc) is 3.25. The summed E-state index contributed by atoms with van der Waals surface area (Å²) in [5.74, 6) is 1.22. The minimum Gasteiger partial charge on any atom is -0.437 e. The van der Waals surface area contributed by atoms with E-state index < -0.39 is 11.9 Å². The largest absolute Gasteiger partial charge is 0.437 e. The third kappa shape index (κ3) is 6.10. The molecular weight excluding hydrogens is 489 g/mol. The van der Waals surface area contributed by atoms with Gasteiger partial charge in [-0.15, -0.1) is 0 Å². The third-order valence-corrected chi connectivity index (χ3v) is 7.26. The van der Waals surface area contributed by atoms with Crippen molar-refractivity contribution in [3.63, 3.8) is 0 Å². The number of hydrogen-bond acceptors (Lipinski definition) is 7. The highest BCUT2D eigenvalue weighted by Gasteiger charge is 2.40. The van der Waals surface area contributed by atoms with Crippen molar-refractivity contribution >= 4 is 27.2 Å². The molecule has 6 nitrogen and oxygen atoms in total. The van der Waals surface area contributed by atoms with Gasteiger partial charge in [-0.3, -0.25) is 0 Å². The van der Waals surface area contributed by atoms with E-state index in [4.69, 9.17) is 4.74 Å². The number of aliphatic hydroxyl groups excluding tert-OH is 1. The number of thiazole rings is 1. The first-order chi connectivity index (χ1) is 17.1. The molecule has 36 heavy (non-hydrogen) atoms. The first kappa shape index (κ1) is 26.2. The number of nitrogens with zero attached hydrogens (tertiary/aromatic N) is 3. The molecule has 0 amide bonds. The van der Waals surface area contributed by atoms with Crippen LogP contribution in [0.1, 0.15) is 51.3 Å². The molecule has 0 spiro atoms. The molecule has 1 aliphatic rings. The topological polar surface area (TPSA) is 70.5 Å². The minimum atomic E-state index is -4.58. The number of hydrogen-bond donors (Lipinski definition) is 2. The summed E-state index contributed by atoms with van der Waals surface area (Å²) in [7, 11) is 0. The molecule has 1 fully saturated rings. The number of alkyl halides is 3. The molecular formula is C26H31F3N4O2S. The second-order valence-electron chi connectivity index (χ2n) is 9.94. The number of nitrogens with one attached hydrogen (secondary N) is 1. The van der Waals surface area contributed by atoms with Gasteiger partial charge in [-0.05, 0) is 48.8 Å². The highest BCUT2D eigenvalue weighted by atomic mass is 32.1. The molecule has 0 aliphatic carbocycles. The van der Waals surface area contributed by atoms with Gasteiger partial charge in [0.2, 0.25) is 5.88 Å². The monoisotopic (exact) mass is 520 g/mol. The van der Waals surface area contributed by atoms with Crippen molar-refractivity contribution in [1.29, 1.82) is 0 Å². The molecule has 2 aromatic heterocycles. The fraction of sp³-hybridized carbons (Fsp3) is 0.462. The summed E-state index contributed by atoms with van der Waals surface area (Å²) in [6, 6.07) is 11.0. The average molecular weight is 521 g/mol. The Morgan fingerprint density at radius 2 is 1.83 bits per heavy atom. The maximum Gasteiger partial charge on any atom is 0.436 e. The maximum atomic E-state index is 13.9. The molecule has 194 valence electrons. The second-order valence-corrected chi connectivity index (χ2v) is 10.9. The van der Waals surface area contributed by atoms with Crippen LogP contribution < -0.4 is 15.0 Å². The molecule has 0 atom stereocenters. The van der Waals surface area contributed by atoms with Gasteiger partial charge in [-0.2, -0.15) is 13.2 Å². The lowest BCUT2D eigenvalue weighted by Crippen LogP contribution is -2.34. The van der Waals surface area contributed by atoms with Crippen LogP contribution in [0.25, 0.3) is 0 Å². The fourth-order valence-corrected chi connectivity index (χ4v) is 5.38. The number of piperidine rings is 1. The van der Waals surface area contributed by atoms with Gasteiger partial charge in [-0.25, -0.2) is 9.97 Å². The molecule has 3 heterocycles. The third-order valence-electron chi connectivity index (χ3n) is 6.23. The molecule has 1 aliphatic heterocycles. The summed E-state index contributed by atoms with van der Waals surface area (Å²) in [5.41, 5.74) is 0.356. The predicted octanol–water partition coefficient (Wildman–Crippen LogP) is 6.99. The lowest BCUT2D eigenvalue weighted by atomic mass is 9.86. The fourth-order valence-electron chi connectivity index (χ4n) is 4.33. The van der Waals surface area contributed by atoms with Crippen molar-refractivity contribution in [2.75, 3.05) is 29.9 Å². The zero-order valence-electron chi connectivity index (χ0n) is 20.6. The molecule has 4 rings (SSSR count). The summed E-state index contributed by atoms with van der Waals surface area (Å²) >= 11 is 0.976. The van der Waals surface area contributed by atoms with Gasteiger partial charge in [-0.1, -0.05) is 50.3 Å². The van der Waals surface area contributed by atoms with E-state index in [0.29, 0.717) is 36.9 Å². The highest BCUT2D eigenvalue weighted by molar-refractivity contribution is 7.19. The molecule has 0 saturated carbocycles. The molecule has 2 N–H and O–H groups in total. The van der Waals surface area contributed by atoms with Gasteiger partial charge in [0.25, 0.3) is 0 Å². The Labute approximate surface area is 213 Å². The van der Waals surface area contributed by atoms with Crippen molar-refractivity contribution in [1.82, 2.24) is 9.97 Å². The van der Waals surface area contributed by atoms with Crippen LogP contribution in [-0.4, -0.2) is 34.8 Å². The van der Waals surface area contributed by atoms with E-state index in [1.165, 1.54) is 0 Å². The van der Waals surface area contributed by atoms with E-state index in [2.05, 4.69) is 36.1 Å². The molecule has 0 bridgehead atoms. The van der Waals surface area contributed by atoms with Gasteiger partial charge < -0.3 is 20.1 Å². The Bertz CT molecular complexity index is 1170. The van der Waals surface area contributed by atoms with E-state index in [1.807, 2.05) is 24.3 Å². The Hall–Kier alpha value is -2.85. The lowest BCUT2D eigenvalue weighted by Gasteiger charge is -2.32. The van der Waals surface area contributed by atoms with Crippen LogP contribution in [-0.2, 0) is 11.6 Å². The van der Waals surface area contributed by atoms with Crippen molar-refractivity contribution in [2.45, 2.75) is 51.6 Å². The number of para-hydroxylation sites is 1. The summed E-state index contributed by atoms with van der Waals surface area (Å²) in [5, 5.41) is 12.4. The second kappa shape index (κ2) is 10.6. The Balaban J connectivity index is 1.60. The standard InChI is InChI=1S/C26H31F3N4O2S/c1-25(2,3)18-7-4-5-9-20(18)35-22-19(8-6-13-30-22)31-24-32-21(26(27,28)29)23(36-24)33-14-10-17(11-15-33)12-16-34/h4-9,13,17,34H,10-12,14-16H2,1-3H3,(H,31,32). The van der Waals surface area contributed by atoms with Crippen LogP contribution in [0, 0.1) is 5.92 Å². The quantitative estimate of drug-likeness (QED) is 0.350. The van der Waals surface area contributed by atoms with Gasteiger partial charge in [0.05, 0.1) is 0 Å². The first-order valence-electron chi connectivity index (χ1n) is 12.0. The molecule has 3 aromatic rings. The summed E-state index contributed by atoms with van der Waals surface area (Å²) in [4.78, 5) is 10.0. The SMILES string of the molecule is CC(C)(C)c1ccccc1Oc1ncccc1Nc1nc(C(F)(F)F)c(N2CCC(CCO)CC2)s1. The summed E-state index contributed by atoms with van der Waals surface area (Å²) < 4.78 is 47.8. The molecule has 1 saturated heterocycles. The number of pyridine rings is 1. The van der Waals surface area contributed by atoms with Crippen LogP contribution in [0.2, 0.25) is 0 Å². The van der Waals surface area contributed by atoms with Crippen LogP contribution >= 0.6 is 11.3 Å². The number of ether oxygens (including phenoxy) is 1. The van der Waals surface area contributed by atoms with Crippen molar-refractivity contribution in [3.8, 4) is 11.6 Å². The maximum absolute atomic E-state index is 13.9. The van der Waals surface area contributed by atoms with E-state index in [9.17, 15) is 18.3 Å². The number of aliphatic hydroxyl groups is 1. The number of anilines is 3. The van der Waals surface area contributed by atoms with Crippen LogP contribution in [0.15, 0.2) is 42.6 Å². The van der Waals surface area contributed by atoms with Crippen LogP contribution in [0.5, 0.6) is 11.6 Å². The van der Waals surface area contributed by atoms with Crippen LogP contribution in [0.4, 0.5) is 29.0 Å². The van der Waals surface area contributed by atoms with Gasteiger partial charge >= 0.3 is 6.18 Å². The van der Waals surface area contributed by atoms with Gasteiger partial charge in [0, 0.05) is 31.5 Å². The Morgan fingerprint density at radius 3 is 2.50 bits per heavy atom. The zero-order chi connectivity index (χ0) is 25.9. The van der Waals surface area contributed by atoms with Crippen molar-refractivity contribution < 1.29 is 23.0 Å². The number of benzene rings is 1. The van der Waals surface area contributed by atoms with Crippen molar-refractivity contribution in [2.24, 2.45) is 5.92 Å². The lowest BCUT2D eigenvalue weighted by molar-refractivity contribution is -0.140. The number of aromatic nitrogens is 2. The van der Waals surface area contributed by atoms with E-state index in [-0.39, 0.29) is 28.0 Å². The van der Waals surface area contributed by atoms with Crippen molar-refractivity contribution in [3.05, 3.63) is 53.9 Å². The zero-order valence-corrected chi connectivity index (χ0v) is 21.4. The Kier molecular flexibility index (Phi) is 7.75. The molecule has 1 aromatic carbocycles. The van der Waals surface area contributed by atoms with E-state index in [0.717, 1.165) is 29.7 Å². The normalized spacial score (nSPS) is 15.2. The molecule has 10 heteroatoms. The molecule has 0 unspecified atom stereocenters. The highest BCUT2D eigenvalue weighted by Crippen LogP contribution is 2.44. The van der Waals surface area contributed by atoms with E-state index in [1.54, 1.807) is 23.2 Å². The first-order valence-corrected chi connectivity index (χ1v) is 12.8. The predicted molar refractivity (Wildman–Crippen MR) is 136 cm³/mol. The number of rotatable bonds is 7. The van der Waals surface area contributed by atoms with E-state index >= 15 is 0 Å². The minimum absolute atomic E-state index is 0.100. The van der Waals surface area contributed by atoms with Gasteiger partial charge in [0.15, 0.2) is 10.8 Å². The number of halogens is 3. The molecule has 0 radical (unpaired) electrons. The smallest absolute Gasteiger partial charge is 0.436 e.